The Morgan fingerprint density at radius 1 is 0.476 bits per heavy atom. The van der Waals surface area contributed by atoms with Gasteiger partial charge in [0.25, 0.3) is 0 Å². The van der Waals surface area contributed by atoms with Crippen molar-refractivity contribution in [3.05, 3.63) is 0 Å². The first kappa shape index (κ1) is 19.0. The standard InChI is InChI=1S/C19H40N2/c1-16(2,3)18(7,8)20-12-11-13-21(15-14-20)19(9,10)17(4,5)6/h11-15H2,1-10H3. The molecular weight excluding hydrogens is 256 g/mol. The minimum atomic E-state index is 0.245. The molecule has 1 rings (SSSR count). The van der Waals surface area contributed by atoms with Gasteiger partial charge in [-0.2, -0.15) is 0 Å². The van der Waals surface area contributed by atoms with Gasteiger partial charge >= 0.3 is 0 Å². The quantitative estimate of drug-likeness (QED) is 0.732. The van der Waals surface area contributed by atoms with E-state index in [2.05, 4.69) is 79.0 Å². The fourth-order valence-electron chi connectivity index (χ4n) is 2.98. The van der Waals surface area contributed by atoms with Crippen molar-refractivity contribution in [1.82, 2.24) is 9.80 Å². The second-order valence-corrected chi connectivity index (χ2v) is 9.95. The first-order valence-electron chi connectivity index (χ1n) is 8.71. The Bertz CT molecular complexity index is 308. The molecule has 1 aliphatic heterocycles. The average molecular weight is 297 g/mol. The van der Waals surface area contributed by atoms with Gasteiger partial charge in [-0.25, -0.2) is 0 Å². The highest BCUT2D eigenvalue weighted by molar-refractivity contribution is 4.97. The van der Waals surface area contributed by atoms with E-state index in [0.29, 0.717) is 10.8 Å². The summed E-state index contributed by atoms with van der Waals surface area (Å²) in [7, 11) is 0. The molecule has 0 unspecified atom stereocenters. The zero-order chi connectivity index (χ0) is 16.7. The van der Waals surface area contributed by atoms with Gasteiger partial charge in [0.2, 0.25) is 0 Å². The minimum absolute atomic E-state index is 0.245. The lowest BCUT2D eigenvalue weighted by molar-refractivity contribution is 0.00560. The third kappa shape index (κ3) is 3.82. The van der Waals surface area contributed by atoms with Crippen molar-refractivity contribution in [2.45, 2.75) is 86.7 Å². The van der Waals surface area contributed by atoms with Gasteiger partial charge in [-0.05, 0) is 58.0 Å². The molecule has 21 heavy (non-hydrogen) atoms. The van der Waals surface area contributed by atoms with Crippen LogP contribution in [-0.2, 0) is 0 Å². The largest absolute Gasteiger partial charge is 0.296 e. The van der Waals surface area contributed by atoms with E-state index in [1.807, 2.05) is 0 Å². The van der Waals surface area contributed by atoms with Gasteiger partial charge in [0.05, 0.1) is 0 Å². The average Bonchev–Trinajstić information content (AvgIpc) is 2.51. The molecule has 0 saturated carbocycles. The second kappa shape index (κ2) is 5.85. The van der Waals surface area contributed by atoms with Crippen LogP contribution in [-0.4, -0.2) is 47.1 Å². The van der Waals surface area contributed by atoms with Gasteiger partial charge in [0, 0.05) is 24.2 Å². The highest BCUT2D eigenvalue weighted by Crippen LogP contribution is 2.38. The molecule has 2 nitrogen and oxygen atoms in total. The molecular formula is C19H40N2. The van der Waals surface area contributed by atoms with Crippen LogP contribution in [0.4, 0.5) is 0 Å². The molecule has 1 aliphatic rings. The zero-order valence-electron chi connectivity index (χ0n) is 16.4. The first-order valence-corrected chi connectivity index (χ1v) is 8.71. The maximum Gasteiger partial charge on any atom is 0.0202 e. The second-order valence-electron chi connectivity index (χ2n) is 9.95. The number of nitrogens with zero attached hydrogens (tertiary/aromatic N) is 2. The predicted octanol–water partition coefficient (Wildman–Crippen LogP) is 4.64. The van der Waals surface area contributed by atoms with Crippen LogP contribution in [0.1, 0.15) is 75.7 Å². The maximum atomic E-state index is 2.71. The highest BCUT2D eigenvalue weighted by Gasteiger charge is 2.42. The molecule has 1 heterocycles. The van der Waals surface area contributed by atoms with Gasteiger partial charge in [0.1, 0.15) is 0 Å². The van der Waals surface area contributed by atoms with Crippen molar-refractivity contribution in [1.29, 1.82) is 0 Å². The Morgan fingerprint density at radius 3 is 1.00 bits per heavy atom. The summed E-state index contributed by atoms with van der Waals surface area (Å²) in [6.45, 7) is 28.7. The van der Waals surface area contributed by atoms with E-state index in [1.165, 1.54) is 32.6 Å². The molecule has 0 atom stereocenters. The van der Waals surface area contributed by atoms with E-state index >= 15 is 0 Å². The molecule has 126 valence electrons. The molecule has 0 aromatic rings. The van der Waals surface area contributed by atoms with Crippen LogP contribution >= 0.6 is 0 Å². The van der Waals surface area contributed by atoms with Crippen LogP contribution in [0.5, 0.6) is 0 Å². The highest BCUT2D eigenvalue weighted by atomic mass is 15.3. The summed E-state index contributed by atoms with van der Waals surface area (Å²) >= 11 is 0. The summed E-state index contributed by atoms with van der Waals surface area (Å²) in [4.78, 5) is 5.43. The third-order valence-corrected chi connectivity index (χ3v) is 6.75. The van der Waals surface area contributed by atoms with E-state index in [9.17, 15) is 0 Å². The van der Waals surface area contributed by atoms with Crippen LogP contribution in [0.3, 0.4) is 0 Å². The Balaban J connectivity index is 2.85. The van der Waals surface area contributed by atoms with Crippen LogP contribution in [0.2, 0.25) is 0 Å². The number of hydrogen-bond donors (Lipinski definition) is 0. The minimum Gasteiger partial charge on any atom is -0.296 e. The molecule has 0 aromatic heterocycles. The van der Waals surface area contributed by atoms with Crippen LogP contribution in [0.15, 0.2) is 0 Å². The normalized spacial score (nSPS) is 21.4. The van der Waals surface area contributed by atoms with Crippen molar-refractivity contribution < 1.29 is 0 Å². The molecule has 0 N–H and O–H groups in total. The summed E-state index contributed by atoms with van der Waals surface area (Å²) < 4.78 is 0. The smallest absolute Gasteiger partial charge is 0.0202 e. The summed E-state index contributed by atoms with van der Waals surface area (Å²) in [5, 5.41) is 0. The molecule has 0 amide bonds. The Labute approximate surface area is 134 Å². The Kier molecular flexibility index (Phi) is 5.28. The molecule has 0 bridgehead atoms. The summed E-state index contributed by atoms with van der Waals surface area (Å²) in [6, 6.07) is 0. The molecule has 2 heteroatoms. The van der Waals surface area contributed by atoms with Gasteiger partial charge in [-0.15, -0.1) is 0 Å². The number of rotatable bonds is 2. The van der Waals surface area contributed by atoms with E-state index in [1.54, 1.807) is 0 Å². The van der Waals surface area contributed by atoms with E-state index < -0.39 is 0 Å². The van der Waals surface area contributed by atoms with Crippen molar-refractivity contribution in [3.63, 3.8) is 0 Å². The van der Waals surface area contributed by atoms with E-state index in [4.69, 9.17) is 0 Å². The van der Waals surface area contributed by atoms with Crippen molar-refractivity contribution >= 4 is 0 Å². The summed E-state index contributed by atoms with van der Waals surface area (Å²) in [6.07, 6.45) is 1.28. The third-order valence-electron chi connectivity index (χ3n) is 6.75. The van der Waals surface area contributed by atoms with Crippen LogP contribution in [0, 0.1) is 10.8 Å². The monoisotopic (exact) mass is 296 g/mol. The van der Waals surface area contributed by atoms with Crippen molar-refractivity contribution in [3.8, 4) is 0 Å². The van der Waals surface area contributed by atoms with Crippen LogP contribution in [0.25, 0.3) is 0 Å². The van der Waals surface area contributed by atoms with Gasteiger partial charge in [0.15, 0.2) is 0 Å². The van der Waals surface area contributed by atoms with Crippen molar-refractivity contribution in [2.24, 2.45) is 10.8 Å². The molecule has 0 aromatic carbocycles. The fraction of sp³-hybridized carbons (Fsp3) is 1.00. The van der Waals surface area contributed by atoms with E-state index in [0.717, 1.165) is 0 Å². The van der Waals surface area contributed by atoms with Gasteiger partial charge < -0.3 is 0 Å². The maximum absolute atomic E-state index is 2.71. The molecule has 1 fully saturated rings. The predicted molar refractivity (Wildman–Crippen MR) is 94.8 cm³/mol. The SMILES string of the molecule is CC(C)(C)C(C)(C)N1CCCN(C(C)(C)C(C)(C)C)CC1. The molecule has 0 aliphatic carbocycles. The van der Waals surface area contributed by atoms with E-state index in [-0.39, 0.29) is 11.1 Å². The lowest BCUT2D eigenvalue weighted by Gasteiger charge is -2.49. The fourth-order valence-corrected chi connectivity index (χ4v) is 2.98. The Hall–Kier alpha value is -0.0800. The Morgan fingerprint density at radius 2 is 0.762 bits per heavy atom. The van der Waals surface area contributed by atoms with Gasteiger partial charge in [-0.3, -0.25) is 9.80 Å². The summed E-state index contributed by atoms with van der Waals surface area (Å²) in [5.74, 6) is 0. The number of hydrogen-bond acceptors (Lipinski definition) is 2. The van der Waals surface area contributed by atoms with Gasteiger partial charge in [-0.1, -0.05) is 41.5 Å². The lowest BCUT2D eigenvalue weighted by Crippen LogP contribution is -2.56. The zero-order valence-corrected chi connectivity index (χ0v) is 16.4. The molecule has 1 saturated heterocycles. The molecule has 0 spiro atoms. The summed E-state index contributed by atoms with van der Waals surface area (Å²) in [5.41, 5.74) is 1.10. The van der Waals surface area contributed by atoms with Crippen molar-refractivity contribution in [2.75, 3.05) is 26.2 Å². The first-order chi connectivity index (χ1) is 9.21. The topological polar surface area (TPSA) is 6.48 Å². The molecule has 0 radical (unpaired) electrons. The lowest BCUT2D eigenvalue weighted by atomic mass is 9.74. The van der Waals surface area contributed by atoms with Crippen LogP contribution < -0.4 is 0 Å².